The van der Waals surface area contributed by atoms with Crippen molar-refractivity contribution in [1.82, 2.24) is 20.5 Å². The van der Waals surface area contributed by atoms with E-state index in [1.165, 1.54) is 4.88 Å². The van der Waals surface area contributed by atoms with Crippen molar-refractivity contribution in [2.45, 2.75) is 25.6 Å². The van der Waals surface area contributed by atoms with Crippen molar-refractivity contribution in [3.05, 3.63) is 76.7 Å². The Morgan fingerprint density at radius 3 is 2.54 bits per heavy atom. The van der Waals surface area contributed by atoms with Crippen LogP contribution in [0.1, 0.15) is 23.4 Å². The number of thiophene rings is 1. The number of anilines is 1. The average Bonchev–Trinajstić information content (AvgIpc) is 3.42. The predicted molar refractivity (Wildman–Crippen MR) is 138 cm³/mol. The van der Waals surface area contributed by atoms with Crippen LogP contribution in [0, 0.1) is 0 Å². The molecular formula is C26H31N5O3S. The van der Waals surface area contributed by atoms with Crippen LogP contribution in [0.4, 0.5) is 5.69 Å². The van der Waals surface area contributed by atoms with Gasteiger partial charge in [0.05, 0.1) is 18.8 Å². The summed E-state index contributed by atoms with van der Waals surface area (Å²) in [6.45, 7) is 5.56. The van der Waals surface area contributed by atoms with E-state index >= 15 is 0 Å². The highest BCUT2D eigenvalue weighted by molar-refractivity contribution is 7.10. The van der Waals surface area contributed by atoms with E-state index in [9.17, 15) is 9.59 Å². The van der Waals surface area contributed by atoms with E-state index in [4.69, 9.17) is 4.74 Å². The number of nitrogens with zero attached hydrogens (tertiary/aromatic N) is 3. The van der Waals surface area contributed by atoms with E-state index in [-0.39, 0.29) is 18.6 Å². The van der Waals surface area contributed by atoms with Crippen LogP contribution in [0.2, 0.25) is 0 Å². The Morgan fingerprint density at radius 2 is 1.86 bits per heavy atom. The standard InChI is InChI=1S/C26H31N5O3S/c1-19(29-26(33)25(32)28-18-20-7-5-11-27-17-20)24(23-10-6-16-35-23)31-14-12-30(13-15-31)21-8-3-4-9-22(21)34-2/h3-11,16-17,19,24H,12-15,18H2,1-2H3,(H,28,32)(H,29,33)/t19-,24-/m0/s1. The normalized spacial score (nSPS) is 15.8. The zero-order valence-electron chi connectivity index (χ0n) is 20.0. The van der Waals surface area contributed by atoms with Gasteiger partial charge in [-0.15, -0.1) is 11.3 Å². The Balaban J connectivity index is 1.38. The molecule has 0 aliphatic carbocycles. The van der Waals surface area contributed by atoms with Gasteiger partial charge in [-0.05, 0) is 42.1 Å². The molecule has 1 aliphatic rings. The van der Waals surface area contributed by atoms with Crippen LogP contribution in [-0.2, 0) is 16.1 Å². The Labute approximate surface area is 209 Å². The largest absolute Gasteiger partial charge is 0.495 e. The number of para-hydroxylation sites is 2. The summed E-state index contributed by atoms with van der Waals surface area (Å²) in [5.41, 5.74) is 1.93. The van der Waals surface area contributed by atoms with Crippen LogP contribution >= 0.6 is 11.3 Å². The summed E-state index contributed by atoms with van der Waals surface area (Å²) in [6.07, 6.45) is 3.33. The third kappa shape index (κ3) is 6.17. The van der Waals surface area contributed by atoms with E-state index < -0.39 is 11.8 Å². The summed E-state index contributed by atoms with van der Waals surface area (Å²) in [6, 6.07) is 15.5. The Hall–Kier alpha value is -3.43. The predicted octanol–water partition coefficient (Wildman–Crippen LogP) is 2.84. The van der Waals surface area contributed by atoms with Gasteiger partial charge in [-0.1, -0.05) is 24.3 Å². The minimum absolute atomic E-state index is 0.0232. The quantitative estimate of drug-likeness (QED) is 0.470. The van der Waals surface area contributed by atoms with Crippen LogP contribution in [0.15, 0.2) is 66.3 Å². The fourth-order valence-corrected chi connectivity index (χ4v) is 5.41. The Morgan fingerprint density at radius 1 is 1.06 bits per heavy atom. The lowest BCUT2D eigenvalue weighted by atomic mass is 10.0. The molecule has 0 saturated carbocycles. The molecule has 2 amide bonds. The number of hydrogen-bond donors (Lipinski definition) is 2. The van der Waals surface area contributed by atoms with E-state index in [2.05, 4.69) is 37.6 Å². The Kier molecular flexibility index (Phi) is 8.33. The summed E-state index contributed by atoms with van der Waals surface area (Å²) >= 11 is 1.67. The number of carbonyl (C=O) groups excluding carboxylic acids is 2. The molecule has 0 bridgehead atoms. The summed E-state index contributed by atoms with van der Waals surface area (Å²) < 4.78 is 5.54. The highest BCUT2D eigenvalue weighted by atomic mass is 32.1. The van der Waals surface area contributed by atoms with E-state index in [0.717, 1.165) is 43.2 Å². The highest BCUT2D eigenvalue weighted by Crippen LogP contribution is 2.32. The fraction of sp³-hybridized carbons (Fsp3) is 0.346. The molecule has 3 aromatic rings. The topological polar surface area (TPSA) is 86.8 Å². The third-order valence-electron chi connectivity index (χ3n) is 6.18. The maximum Gasteiger partial charge on any atom is 0.309 e. The van der Waals surface area contributed by atoms with Gasteiger partial charge in [0.15, 0.2) is 0 Å². The molecule has 2 N–H and O–H groups in total. The molecule has 1 saturated heterocycles. The van der Waals surface area contributed by atoms with Crippen molar-refractivity contribution in [1.29, 1.82) is 0 Å². The van der Waals surface area contributed by atoms with Gasteiger partial charge in [0.1, 0.15) is 5.75 Å². The zero-order valence-corrected chi connectivity index (χ0v) is 20.8. The minimum Gasteiger partial charge on any atom is -0.495 e. The van der Waals surface area contributed by atoms with E-state index in [1.54, 1.807) is 36.9 Å². The molecule has 1 aliphatic heterocycles. The first-order chi connectivity index (χ1) is 17.1. The number of amides is 2. The molecule has 0 radical (unpaired) electrons. The SMILES string of the molecule is COc1ccccc1N1CCN([C@H](c2cccs2)[C@H](C)NC(=O)C(=O)NCc2cccnc2)CC1. The van der Waals surface area contributed by atoms with E-state index in [1.807, 2.05) is 42.6 Å². The monoisotopic (exact) mass is 493 g/mol. The summed E-state index contributed by atoms with van der Waals surface area (Å²) in [5.74, 6) is -0.407. The molecule has 3 heterocycles. The second-order valence-electron chi connectivity index (χ2n) is 8.46. The van der Waals surface area contributed by atoms with Gasteiger partial charge < -0.3 is 20.3 Å². The van der Waals surface area contributed by atoms with Crippen LogP contribution in [0.25, 0.3) is 0 Å². The minimum atomic E-state index is -0.647. The molecule has 0 spiro atoms. The molecule has 1 fully saturated rings. The van der Waals surface area contributed by atoms with Gasteiger partial charge in [0.25, 0.3) is 0 Å². The average molecular weight is 494 g/mol. The van der Waals surface area contributed by atoms with Crippen LogP contribution in [0.5, 0.6) is 5.75 Å². The molecule has 184 valence electrons. The molecule has 2 aromatic heterocycles. The number of pyridine rings is 1. The lowest BCUT2D eigenvalue weighted by molar-refractivity contribution is -0.140. The van der Waals surface area contributed by atoms with Gasteiger partial charge in [0, 0.05) is 56.0 Å². The van der Waals surface area contributed by atoms with Gasteiger partial charge >= 0.3 is 11.8 Å². The molecule has 35 heavy (non-hydrogen) atoms. The lowest BCUT2D eigenvalue weighted by Crippen LogP contribution is -2.53. The lowest BCUT2D eigenvalue weighted by Gasteiger charge is -2.42. The Bertz CT molecular complexity index is 1100. The van der Waals surface area contributed by atoms with Crippen molar-refractivity contribution >= 4 is 28.8 Å². The zero-order chi connectivity index (χ0) is 24.6. The molecule has 8 nitrogen and oxygen atoms in total. The number of benzene rings is 1. The smallest absolute Gasteiger partial charge is 0.309 e. The third-order valence-corrected chi connectivity index (χ3v) is 7.13. The first-order valence-corrected chi connectivity index (χ1v) is 12.6. The number of hydrogen-bond acceptors (Lipinski definition) is 7. The second kappa shape index (κ2) is 11.8. The van der Waals surface area contributed by atoms with Crippen LogP contribution in [0.3, 0.4) is 0 Å². The molecule has 1 aromatic carbocycles. The number of nitrogens with one attached hydrogen (secondary N) is 2. The van der Waals surface area contributed by atoms with Gasteiger partial charge in [-0.25, -0.2) is 0 Å². The summed E-state index contributed by atoms with van der Waals surface area (Å²) in [7, 11) is 1.69. The number of rotatable bonds is 8. The first-order valence-electron chi connectivity index (χ1n) is 11.7. The number of methoxy groups -OCH3 is 1. The summed E-state index contributed by atoms with van der Waals surface area (Å²) in [4.78, 5) is 35.0. The van der Waals surface area contributed by atoms with Crippen molar-refractivity contribution in [2.24, 2.45) is 0 Å². The van der Waals surface area contributed by atoms with Crippen molar-refractivity contribution in [3.63, 3.8) is 0 Å². The first kappa shape index (κ1) is 24.7. The van der Waals surface area contributed by atoms with Crippen LogP contribution in [-0.4, -0.2) is 61.0 Å². The number of ether oxygens (including phenoxy) is 1. The van der Waals surface area contributed by atoms with Crippen LogP contribution < -0.4 is 20.3 Å². The molecule has 4 rings (SSSR count). The van der Waals surface area contributed by atoms with Gasteiger partial charge in [0.2, 0.25) is 0 Å². The second-order valence-corrected chi connectivity index (χ2v) is 9.44. The highest BCUT2D eigenvalue weighted by Gasteiger charge is 2.32. The van der Waals surface area contributed by atoms with Crippen molar-refractivity contribution in [3.8, 4) is 5.75 Å². The van der Waals surface area contributed by atoms with Gasteiger partial charge in [-0.3, -0.25) is 19.5 Å². The molecule has 2 atom stereocenters. The molecule has 9 heteroatoms. The van der Waals surface area contributed by atoms with Crippen molar-refractivity contribution < 1.29 is 14.3 Å². The number of aromatic nitrogens is 1. The van der Waals surface area contributed by atoms with E-state index in [0.29, 0.717) is 0 Å². The summed E-state index contributed by atoms with van der Waals surface area (Å²) in [5, 5.41) is 7.64. The van der Waals surface area contributed by atoms with Gasteiger partial charge in [-0.2, -0.15) is 0 Å². The molecular weight excluding hydrogens is 462 g/mol. The fourth-order valence-electron chi connectivity index (χ4n) is 4.45. The number of carbonyl (C=O) groups is 2. The maximum absolute atomic E-state index is 12.7. The number of piperazine rings is 1. The maximum atomic E-state index is 12.7. The van der Waals surface area contributed by atoms with Crippen molar-refractivity contribution in [2.75, 3.05) is 38.2 Å². The molecule has 0 unspecified atom stereocenters.